The van der Waals surface area contributed by atoms with Crippen LogP contribution in [0.4, 0.5) is 0 Å². The van der Waals surface area contributed by atoms with E-state index in [-0.39, 0.29) is 0 Å². The molecule has 0 aromatic carbocycles. The van der Waals surface area contributed by atoms with E-state index in [1.165, 1.54) is 0 Å². The molecular formula is C6H10Se2. The monoisotopic (exact) mass is 242 g/mol. The number of hydrogen-bond acceptors (Lipinski definition) is 0. The zero-order valence-electron chi connectivity index (χ0n) is 5.39. The van der Waals surface area contributed by atoms with Gasteiger partial charge in [0.15, 0.2) is 0 Å². The molecule has 0 fully saturated rings. The first-order valence-corrected chi connectivity index (χ1v) is 7.73. The third-order valence-electron chi connectivity index (χ3n) is 0.690. The van der Waals surface area contributed by atoms with Crippen molar-refractivity contribution in [2.75, 3.05) is 0 Å². The van der Waals surface area contributed by atoms with Crippen molar-refractivity contribution in [2.45, 2.75) is 22.3 Å². The van der Waals surface area contributed by atoms with E-state index in [0.717, 1.165) is 33.6 Å². The predicted molar refractivity (Wildman–Crippen MR) is 40.4 cm³/mol. The van der Waals surface area contributed by atoms with Crippen LogP contribution >= 0.6 is 0 Å². The first-order chi connectivity index (χ1) is 3.85. The van der Waals surface area contributed by atoms with E-state index in [9.17, 15) is 0 Å². The molecule has 0 amide bonds. The predicted octanol–water partition coefficient (Wildman–Crippen LogP) is 1.26. The van der Waals surface area contributed by atoms with Gasteiger partial charge in [-0.1, -0.05) is 0 Å². The van der Waals surface area contributed by atoms with Crippen molar-refractivity contribution >= 4 is 29.9 Å². The van der Waals surface area contributed by atoms with Crippen LogP contribution in [-0.4, -0.2) is 29.9 Å². The molecule has 0 saturated heterocycles. The van der Waals surface area contributed by atoms with Crippen LogP contribution < -0.4 is 0 Å². The van der Waals surface area contributed by atoms with E-state index < -0.39 is 0 Å². The Morgan fingerprint density at radius 1 is 1.25 bits per heavy atom. The van der Waals surface area contributed by atoms with Crippen LogP contribution in [0, 0.1) is 11.8 Å². The van der Waals surface area contributed by atoms with Gasteiger partial charge in [0, 0.05) is 0 Å². The van der Waals surface area contributed by atoms with Gasteiger partial charge < -0.3 is 0 Å². The fraction of sp³-hybridized carbons (Fsp3) is 0.667. The van der Waals surface area contributed by atoms with E-state index in [1.54, 1.807) is 0 Å². The summed E-state index contributed by atoms with van der Waals surface area (Å²) < 4.78 is 0.764. The molecule has 0 aromatic rings. The van der Waals surface area contributed by atoms with Gasteiger partial charge in [0.2, 0.25) is 0 Å². The van der Waals surface area contributed by atoms with Gasteiger partial charge in [0.05, 0.1) is 0 Å². The first kappa shape index (κ1) is 8.60. The van der Waals surface area contributed by atoms with Gasteiger partial charge in [0.1, 0.15) is 0 Å². The van der Waals surface area contributed by atoms with E-state index in [2.05, 4.69) is 23.5 Å². The van der Waals surface area contributed by atoms with Crippen molar-refractivity contribution in [1.29, 1.82) is 0 Å². The molecule has 0 atom stereocenters. The first-order valence-electron chi connectivity index (χ1n) is 2.33. The number of hydrogen-bond donors (Lipinski definition) is 0. The minimum atomic E-state index is 0.748. The Balaban J connectivity index is 3.47. The zero-order chi connectivity index (χ0) is 6.41. The molecule has 0 N–H and O–H groups in total. The van der Waals surface area contributed by atoms with Crippen molar-refractivity contribution in [3.05, 3.63) is 0 Å². The summed E-state index contributed by atoms with van der Waals surface area (Å²) in [7, 11) is 0. The molecule has 0 heterocycles. The second-order valence-electron chi connectivity index (χ2n) is 1.20. The third kappa shape index (κ3) is 3.58. The Hall–Kier alpha value is 0.599. The second kappa shape index (κ2) is 5.73. The number of rotatable bonds is 2. The summed E-state index contributed by atoms with van der Waals surface area (Å²) in [6, 6.07) is 0. The van der Waals surface area contributed by atoms with Gasteiger partial charge in [-0.25, -0.2) is 0 Å². The standard InChI is InChI=1S/C6H10Se2/c1-4-5-6(7-2)8-3/h6H,1-3H3. The molecule has 0 rings (SSSR count). The molecule has 2 heteroatoms. The summed E-state index contributed by atoms with van der Waals surface area (Å²) in [5, 5.41) is 0. The van der Waals surface area contributed by atoms with E-state index in [0.29, 0.717) is 0 Å². The van der Waals surface area contributed by atoms with E-state index in [4.69, 9.17) is 0 Å². The van der Waals surface area contributed by atoms with Crippen LogP contribution in [0.3, 0.4) is 0 Å². The fourth-order valence-corrected chi connectivity index (χ4v) is 3.82. The van der Waals surface area contributed by atoms with Crippen molar-refractivity contribution < 1.29 is 0 Å². The Labute approximate surface area is 64.1 Å². The van der Waals surface area contributed by atoms with Crippen LogP contribution in [0.5, 0.6) is 0 Å². The molecule has 46 valence electrons. The minimum absolute atomic E-state index is 0.748. The summed E-state index contributed by atoms with van der Waals surface area (Å²) in [5.41, 5.74) is 0. The molecule has 0 aromatic heterocycles. The van der Waals surface area contributed by atoms with Crippen molar-refractivity contribution in [3.8, 4) is 11.8 Å². The van der Waals surface area contributed by atoms with Crippen LogP contribution in [0.2, 0.25) is 15.4 Å². The van der Waals surface area contributed by atoms with Crippen LogP contribution in [0.25, 0.3) is 0 Å². The maximum atomic E-state index is 3.19. The normalized spacial score (nSPS) is 8.50. The van der Waals surface area contributed by atoms with Crippen LogP contribution in [0.15, 0.2) is 0 Å². The summed E-state index contributed by atoms with van der Waals surface area (Å²) in [4.78, 5) is 0. The van der Waals surface area contributed by atoms with E-state index >= 15 is 0 Å². The average Bonchev–Trinajstić information content (AvgIpc) is 1.83. The molecule has 0 bridgehead atoms. The third-order valence-corrected chi connectivity index (χ3v) is 7.18. The Kier molecular flexibility index (Phi) is 6.16. The average molecular weight is 240 g/mol. The fourth-order valence-electron chi connectivity index (χ4n) is 0.332. The summed E-state index contributed by atoms with van der Waals surface area (Å²) in [6.45, 7) is 1.92. The molecule has 0 saturated carbocycles. The molecule has 0 aliphatic carbocycles. The van der Waals surface area contributed by atoms with Gasteiger partial charge in [-0.3, -0.25) is 0 Å². The molecular weight excluding hydrogens is 230 g/mol. The molecule has 8 heavy (non-hydrogen) atoms. The van der Waals surface area contributed by atoms with Gasteiger partial charge in [-0.05, 0) is 0 Å². The van der Waals surface area contributed by atoms with Gasteiger partial charge >= 0.3 is 64.0 Å². The summed E-state index contributed by atoms with van der Waals surface area (Å²) >= 11 is 1.50. The van der Waals surface area contributed by atoms with Gasteiger partial charge in [-0.15, -0.1) is 0 Å². The van der Waals surface area contributed by atoms with Gasteiger partial charge in [-0.2, -0.15) is 0 Å². The molecule has 0 unspecified atom stereocenters. The van der Waals surface area contributed by atoms with Crippen molar-refractivity contribution in [2.24, 2.45) is 0 Å². The Morgan fingerprint density at radius 2 is 1.75 bits per heavy atom. The molecule has 0 spiro atoms. The Bertz CT molecular complexity index is 94.8. The SMILES string of the molecule is CC#CC([Se]C)[Se]C. The molecule has 0 nitrogen and oxygen atoms in total. The van der Waals surface area contributed by atoms with Crippen molar-refractivity contribution in [1.82, 2.24) is 0 Å². The van der Waals surface area contributed by atoms with Gasteiger partial charge in [0.25, 0.3) is 0 Å². The van der Waals surface area contributed by atoms with Crippen molar-refractivity contribution in [3.63, 3.8) is 0 Å². The second-order valence-corrected chi connectivity index (χ2v) is 6.67. The van der Waals surface area contributed by atoms with Crippen LogP contribution in [-0.2, 0) is 0 Å². The molecule has 0 aliphatic heterocycles. The molecule has 0 radical (unpaired) electrons. The maximum absolute atomic E-state index is 3.19. The molecule has 0 aliphatic rings. The summed E-state index contributed by atoms with van der Waals surface area (Å²) in [5.74, 6) is 10.7. The topological polar surface area (TPSA) is 0 Å². The zero-order valence-corrected chi connectivity index (χ0v) is 8.82. The van der Waals surface area contributed by atoms with Crippen LogP contribution in [0.1, 0.15) is 6.92 Å². The summed E-state index contributed by atoms with van der Waals surface area (Å²) in [6.07, 6.45) is 0. The van der Waals surface area contributed by atoms with E-state index in [1.807, 2.05) is 6.92 Å². The quantitative estimate of drug-likeness (QED) is 0.503. The Morgan fingerprint density at radius 3 is 1.88 bits per heavy atom.